The van der Waals surface area contributed by atoms with Gasteiger partial charge in [-0.3, -0.25) is 4.79 Å². The van der Waals surface area contributed by atoms with Gasteiger partial charge in [-0.15, -0.1) is 0 Å². The highest BCUT2D eigenvalue weighted by atomic mass is 16.5. The molecule has 0 aliphatic carbocycles. The summed E-state index contributed by atoms with van der Waals surface area (Å²) in [6.45, 7) is 2.95. The van der Waals surface area contributed by atoms with Gasteiger partial charge in [0.05, 0.1) is 18.2 Å². The lowest BCUT2D eigenvalue weighted by Crippen LogP contribution is -2.28. The average molecular weight is 308 g/mol. The summed E-state index contributed by atoms with van der Waals surface area (Å²) in [4.78, 5) is 11.8. The van der Waals surface area contributed by atoms with Crippen molar-refractivity contribution in [2.24, 2.45) is 0 Å². The lowest BCUT2D eigenvalue weighted by molar-refractivity contribution is -0.121. The van der Waals surface area contributed by atoms with Gasteiger partial charge in [0.2, 0.25) is 5.91 Å². The van der Waals surface area contributed by atoms with Gasteiger partial charge in [-0.05, 0) is 48.7 Å². The molecule has 1 N–H and O–H groups in total. The predicted molar refractivity (Wildman–Crippen MR) is 89.2 cm³/mol. The molecule has 0 fully saturated rings. The molecule has 0 saturated carbocycles. The molecule has 118 valence electrons. The van der Waals surface area contributed by atoms with Crippen LogP contribution in [0.5, 0.6) is 5.75 Å². The molecule has 0 bridgehead atoms. The van der Waals surface area contributed by atoms with Gasteiger partial charge in [-0.2, -0.15) is 5.26 Å². The molecular weight excluding hydrogens is 288 g/mol. The van der Waals surface area contributed by atoms with Crippen LogP contribution >= 0.6 is 0 Å². The van der Waals surface area contributed by atoms with Crippen molar-refractivity contribution in [1.82, 2.24) is 5.32 Å². The van der Waals surface area contributed by atoms with Gasteiger partial charge in [0.15, 0.2) is 0 Å². The highest BCUT2D eigenvalue weighted by molar-refractivity contribution is 5.76. The highest BCUT2D eigenvalue weighted by Crippen LogP contribution is 2.11. The molecule has 0 heterocycles. The summed E-state index contributed by atoms with van der Waals surface area (Å²) in [5.74, 6) is 0.819. The summed E-state index contributed by atoms with van der Waals surface area (Å²) in [6.07, 6.45) is 1.09. The summed E-state index contributed by atoms with van der Waals surface area (Å²) in [6, 6.07) is 17.2. The van der Waals surface area contributed by atoms with Crippen molar-refractivity contribution in [2.75, 3.05) is 13.2 Å². The lowest BCUT2D eigenvalue weighted by atomic mass is 10.1. The van der Waals surface area contributed by atoms with E-state index in [1.165, 1.54) is 0 Å². The molecule has 2 aromatic carbocycles. The van der Waals surface area contributed by atoms with Gasteiger partial charge < -0.3 is 10.1 Å². The first-order valence-corrected chi connectivity index (χ1v) is 7.62. The Morgan fingerprint density at radius 1 is 1.22 bits per heavy atom. The van der Waals surface area contributed by atoms with Gasteiger partial charge in [0, 0.05) is 6.42 Å². The van der Waals surface area contributed by atoms with Crippen LogP contribution in [0.25, 0.3) is 0 Å². The Bertz CT molecular complexity index is 687. The summed E-state index contributed by atoms with van der Waals surface area (Å²) < 4.78 is 5.58. The third-order valence-corrected chi connectivity index (χ3v) is 3.41. The number of hydrogen-bond acceptors (Lipinski definition) is 3. The van der Waals surface area contributed by atoms with E-state index in [0.29, 0.717) is 31.6 Å². The van der Waals surface area contributed by atoms with E-state index < -0.39 is 0 Å². The fourth-order valence-corrected chi connectivity index (χ4v) is 2.16. The first-order valence-electron chi connectivity index (χ1n) is 7.62. The molecule has 0 unspecified atom stereocenters. The minimum Gasteiger partial charge on any atom is -0.492 e. The topological polar surface area (TPSA) is 62.1 Å². The molecular formula is C19H20N2O2. The van der Waals surface area contributed by atoms with Crippen LogP contribution in [-0.4, -0.2) is 19.1 Å². The lowest BCUT2D eigenvalue weighted by Gasteiger charge is -2.08. The Kier molecular flexibility index (Phi) is 6.19. The van der Waals surface area contributed by atoms with Gasteiger partial charge in [0.1, 0.15) is 12.4 Å². The van der Waals surface area contributed by atoms with E-state index in [9.17, 15) is 4.79 Å². The van der Waals surface area contributed by atoms with Crippen molar-refractivity contribution in [3.05, 3.63) is 65.2 Å². The number of nitrogens with zero attached hydrogens (tertiary/aromatic N) is 1. The first kappa shape index (κ1) is 16.6. The molecule has 0 aromatic heterocycles. The van der Waals surface area contributed by atoms with E-state index in [0.717, 1.165) is 16.9 Å². The van der Waals surface area contributed by atoms with Crippen LogP contribution in [0.1, 0.15) is 23.1 Å². The number of amides is 1. The fourth-order valence-electron chi connectivity index (χ4n) is 2.16. The first-order chi connectivity index (χ1) is 11.2. The molecule has 1 amide bonds. The zero-order valence-electron chi connectivity index (χ0n) is 13.2. The third-order valence-electron chi connectivity index (χ3n) is 3.41. The largest absolute Gasteiger partial charge is 0.492 e. The SMILES string of the molecule is Cc1cccc(OCCNC(=O)CCc2ccc(C#N)cc2)c1. The van der Waals surface area contributed by atoms with Crippen LogP contribution in [0.2, 0.25) is 0 Å². The summed E-state index contributed by atoms with van der Waals surface area (Å²) in [5.41, 5.74) is 2.83. The van der Waals surface area contributed by atoms with Gasteiger partial charge >= 0.3 is 0 Å². The zero-order chi connectivity index (χ0) is 16.5. The average Bonchev–Trinajstić information content (AvgIpc) is 2.57. The molecule has 0 saturated heterocycles. The van der Waals surface area contributed by atoms with E-state index in [1.54, 1.807) is 12.1 Å². The van der Waals surface area contributed by atoms with Crippen molar-refractivity contribution in [1.29, 1.82) is 5.26 Å². The second-order valence-corrected chi connectivity index (χ2v) is 5.32. The van der Waals surface area contributed by atoms with Crippen molar-refractivity contribution >= 4 is 5.91 Å². The molecule has 4 heteroatoms. The molecule has 0 aliphatic heterocycles. The fraction of sp³-hybridized carbons (Fsp3) is 0.263. The number of nitrogens with one attached hydrogen (secondary N) is 1. The standard InChI is InChI=1S/C19H20N2O2/c1-15-3-2-4-18(13-15)23-12-11-21-19(22)10-9-16-5-7-17(14-20)8-6-16/h2-8,13H,9-12H2,1H3,(H,21,22). The molecule has 2 rings (SSSR count). The van der Waals surface area contributed by atoms with Crippen molar-refractivity contribution in [3.63, 3.8) is 0 Å². The van der Waals surface area contributed by atoms with Crippen molar-refractivity contribution in [2.45, 2.75) is 19.8 Å². The Balaban J connectivity index is 1.64. The monoisotopic (exact) mass is 308 g/mol. The zero-order valence-corrected chi connectivity index (χ0v) is 13.2. The third kappa shape index (κ3) is 5.84. The van der Waals surface area contributed by atoms with Crippen LogP contribution < -0.4 is 10.1 Å². The molecule has 2 aromatic rings. The summed E-state index contributed by atoms with van der Waals surface area (Å²) in [5, 5.41) is 11.6. The van der Waals surface area contributed by atoms with E-state index in [2.05, 4.69) is 11.4 Å². The number of carbonyl (C=O) groups is 1. The molecule has 0 radical (unpaired) electrons. The van der Waals surface area contributed by atoms with Gasteiger partial charge in [-0.25, -0.2) is 0 Å². The maximum atomic E-state index is 11.8. The maximum Gasteiger partial charge on any atom is 0.220 e. The number of nitriles is 1. The number of aryl methyl sites for hydroxylation is 2. The van der Waals surface area contributed by atoms with Crippen molar-refractivity contribution < 1.29 is 9.53 Å². The predicted octanol–water partition coefficient (Wildman–Crippen LogP) is 2.99. The molecule has 23 heavy (non-hydrogen) atoms. The van der Waals surface area contributed by atoms with Gasteiger partial charge in [0.25, 0.3) is 0 Å². The Morgan fingerprint density at radius 3 is 2.70 bits per heavy atom. The number of carbonyl (C=O) groups excluding carboxylic acids is 1. The number of rotatable bonds is 7. The Hall–Kier alpha value is -2.80. The second kappa shape index (κ2) is 8.60. The van der Waals surface area contributed by atoms with E-state index >= 15 is 0 Å². The van der Waals surface area contributed by atoms with Crippen molar-refractivity contribution in [3.8, 4) is 11.8 Å². The number of ether oxygens (including phenoxy) is 1. The minimum atomic E-state index is 0.00204. The van der Waals surface area contributed by atoms with Crippen LogP contribution in [0, 0.1) is 18.3 Å². The Morgan fingerprint density at radius 2 is 2.00 bits per heavy atom. The molecule has 4 nitrogen and oxygen atoms in total. The van der Waals surface area contributed by atoms with Crippen LogP contribution in [0.3, 0.4) is 0 Å². The maximum absolute atomic E-state index is 11.8. The molecule has 0 spiro atoms. The van der Waals surface area contributed by atoms with E-state index in [-0.39, 0.29) is 5.91 Å². The normalized spacial score (nSPS) is 9.91. The van der Waals surface area contributed by atoms with Crippen LogP contribution in [0.15, 0.2) is 48.5 Å². The summed E-state index contributed by atoms with van der Waals surface area (Å²) in [7, 11) is 0. The quantitative estimate of drug-likeness (QED) is 0.800. The smallest absolute Gasteiger partial charge is 0.220 e. The molecule has 0 aliphatic rings. The van der Waals surface area contributed by atoms with Gasteiger partial charge in [-0.1, -0.05) is 24.3 Å². The van der Waals surface area contributed by atoms with E-state index in [4.69, 9.17) is 10.00 Å². The Labute approximate surface area is 136 Å². The minimum absolute atomic E-state index is 0.00204. The second-order valence-electron chi connectivity index (χ2n) is 5.32. The summed E-state index contributed by atoms with van der Waals surface area (Å²) >= 11 is 0. The number of benzene rings is 2. The molecule has 0 atom stereocenters. The van der Waals surface area contributed by atoms with Crippen LogP contribution in [0.4, 0.5) is 0 Å². The van der Waals surface area contributed by atoms with E-state index in [1.807, 2.05) is 43.3 Å². The highest BCUT2D eigenvalue weighted by Gasteiger charge is 2.02. The van der Waals surface area contributed by atoms with Crippen LogP contribution in [-0.2, 0) is 11.2 Å². The number of hydrogen-bond donors (Lipinski definition) is 1.